The standard InChI is InChI=1S/C15H17F3N2/c1-14(2,3)10-11-4-6-12(7-5-11)13-8-9-20(19-13)15(16,17)18/h4-9H,10H2,1-3H3. The van der Waals surface area contributed by atoms with Crippen molar-refractivity contribution in [1.82, 2.24) is 9.78 Å². The van der Waals surface area contributed by atoms with Gasteiger partial charge in [-0.2, -0.15) is 9.78 Å². The predicted octanol–water partition coefficient (Wildman–Crippen LogP) is 4.62. The van der Waals surface area contributed by atoms with Crippen LogP contribution in [-0.4, -0.2) is 9.78 Å². The van der Waals surface area contributed by atoms with Gasteiger partial charge in [-0.05, 0) is 23.5 Å². The van der Waals surface area contributed by atoms with E-state index in [-0.39, 0.29) is 10.1 Å². The van der Waals surface area contributed by atoms with Crippen LogP contribution in [0, 0.1) is 5.41 Å². The first-order valence-corrected chi connectivity index (χ1v) is 6.37. The Morgan fingerprint density at radius 1 is 1.00 bits per heavy atom. The molecular weight excluding hydrogens is 265 g/mol. The van der Waals surface area contributed by atoms with E-state index in [2.05, 4.69) is 25.9 Å². The Hall–Kier alpha value is -1.78. The molecule has 0 amide bonds. The van der Waals surface area contributed by atoms with Gasteiger partial charge in [0.05, 0.1) is 5.69 Å². The molecular formula is C15H17F3N2. The van der Waals surface area contributed by atoms with Crippen LogP contribution in [0.4, 0.5) is 13.2 Å². The Balaban J connectivity index is 2.20. The molecule has 1 aromatic heterocycles. The van der Waals surface area contributed by atoms with Gasteiger partial charge < -0.3 is 0 Å². The second-order valence-electron chi connectivity index (χ2n) is 6.05. The molecule has 0 spiro atoms. The number of halogens is 3. The van der Waals surface area contributed by atoms with Crippen LogP contribution in [0.5, 0.6) is 0 Å². The first-order valence-electron chi connectivity index (χ1n) is 6.37. The highest BCUT2D eigenvalue weighted by Gasteiger charge is 2.31. The van der Waals surface area contributed by atoms with Gasteiger partial charge in [0.25, 0.3) is 0 Å². The molecule has 0 atom stereocenters. The van der Waals surface area contributed by atoms with E-state index in [4.69, 9.17) is 0 Å². The van der Waals surface area contributed by atoms with Crippen molar-refractivity contribution in [2.24, 2.45) is 5.41 Å². The summed E-state index contributed by atoms with van der Waals surface area (Å²) in [6, 6.07) is 8.86. The Labute approximate surface area is 116 Å². The van der Waals surface area contributed by atoms with Gasteiger partial charge in [0.2, 0.25) is 0 Å². The number of benzene rings is 1. The highest BCUT2D eigenvalue weighted by Crippen LogP contribution is 2.26. The normalized spacial score (nSPS) is 12.7. The zero-order chi connectivity index (χ0) is 15.0. The lowest BCUT2D eigenvalue weighted by Gasteiger charge is -2.18. The molecule has 0 fully saturated rings. The second kappa shape index (κ2) is 4.96. The predicted molar refractivity (Wildman–Crippen MR) is 72.1 cm³/mol. The fraction of sp³-hybridized carbons (Fsp3) is 0.400. The van der Waals surface area contributed by atoms with E-state index >= 15 is 0 Å². The minimum Gasteiger partial charge on any atom is -0.178 e. The van der Waals surface area contributed by atoms with Crippen molar-refractivity contribution in [3.05, 3.63) is 42.1 Å². The van der Waals surface area contributed by atoms with Gasteiger partial charge >= 0.3 is 6.30 Å². The van der Waals surface area contributed by atoms with Crippen molar-refractivity contribution in [2.45, 2.75) is 33.5 Å². The van der Waals surface area contributed by atoms with Gasteiger partial charge in [-0.25, -0.2) is 0 Å². The molecule has 1 heterocycles. The summed E-state index contributed by atoms with van der Waals surface area (Å²) in [7, 11) is 0. The Morgan fingerprint density at radius 3 is 2.05 bits per heavy atom. The number of hydrogen-bond acceptors (Lipinski definition) is 1. The molecule has 1 aromatic carbocycles. The minimum atomic E-state index is -4.47. The minimum absolute atomic E-state index is 0.0192. The van der Waals surface area contributed by atoms with Crippen molar-refractivity contribution >= 4 is 0 Å². The summed E-state index contributed by atoms with van der Waals surface area (Å²) in [5, 5.41) is 3.55. The number of aromatic nitrogens is 2. The lowest BCUT2D eigenvalue weighted by molar-refractivity contribution is -0.212. The lowest BCUT2D eigenvalue weighted by Crippen LogP contribution is -2.16. The van der Waals surface area contributed by atoms with Crippen LogP contribution >= 0.6 is 0 Å². The molecule has 0 radical (unpaired) electrons. The van der Waals surface area contributed by atoms with Crippen LogP contribution in [0.2, 0.25) is 0 Å². The topological polar surface area (TPSA) is 17.8 Å². The largest absolute Gasteiger partial charge is 0.504 e. The summed E-state index contributed by atoms with van der Waals surface area (Å²) in [6.45, 7) is 6.43. The Bertz CT molecular complexity index is 574. The van der Waals surface area contributed by atoms with E-state index in [9.17, 15) is 13.2 Å². The average Bonchev–Trinajstić information content (AvgIpc) is 2.76. The monoisotopic (exact) mass is 282 g/mol. The van der Waals surface area contributed by atoms with E-state index in [1.807, 2.05) is 24.3 Å². The van der Waals surface area contributed by atoms with Gasteiger partial charge in [-0.1, -0.05) is 45.0 Å². The van der Waals surface area contributed by atoms with E-state index in [1.54, 1.807) is 0 Å². The number of hydrogen-bond donors (Lipinski definition) is 0. The highest BCUT2D eigenvalue weighted by molar-refractivity contribution is 5.58. The van der Waals surface area contributed by atoms with Crippen LogP contribution < -0.4 is 0 Å². The van der Waals surface area contributed by atoms with Gasteiger partial charge in [-0.3, -0.25) is 0 Å². The van der Waals surface area contributed by atoms with E-state index < -0.39 is 6.30 Å². The Kier molecular flexibility index (Phi) is 3.63. The van der Waals surface area contributed by atoms with Crippen molar-refractivity contribution in [1.29, 1.82) is 0 Å². The van der Waals surface area contributed by atoms with Crippen molar-refractivity contribution < 1.29 is 13.2 Å². The zero-order valence-electron chi connectivity index (χ0n) is 11.7. The summed E-state index contributed by atoms with van der Waals surface area (Å²) in [4.78, 5) is 0. The molecule has 108 valence electrons. The summed E-state index contributed by atoms with van der Waals surface area (Å²) >= 11 is 0. The summed E-state index contributed by atoms with van der Waals surface area (Å²) in [5.41, 5.74) is 2.35. The first kappa shape index (κ1) is 14.6. The van der Waals surface area contributed by atoms with Crippen LogP contribution in [0.25, 0.3) is 11.3 Å². The van der Waals surface area contributed by atoms with Gasteiger partial charge in [0.1, 0.15) is 0 Å². The fourth-order valence-electron chi connectivity index (χ4n) is 2.02. The first-order chi connectivity index (χ1) is 9.15. The van der Waals surface area contributed by atoms with Gasteiger partial charge in [-0.15, -0.1) is 13.2 Å². The third-order valence-corrected chi connectivity index (χ3v) is 2.83. The number of nitrogens with zero attached hydrogens (tertiary/aromatic N) is 2. The smallest absolute Gasteiger partial charge is 0.178 e. The van der Waals surface area contributed by atoms with Crippen LogP contribution in [0.3, 0.4) is 0 Å². The molecule has 0 unspecified atom stereocenters. The van der Waals surface area contributed by atoms with Gasteiger partial charge in [0.15, 0.2) is 0 Å². The maximum atomic E-state index is 12.5. The van der Waals surface area contributed by atoms with Crippen LogP contribution in [0.1, 0.15) is 26.3 Å². The molecule has 0 bridgehead atoms. The molecule has 2 rings (SSSR count). The van der Waals surface area contributed by atoms with Crippen molar-refractivity contribution in [3.8, 4) is 11.3 Å². The quantitative estimate of drug-likeness (QED) is 0.786. The average molecular weight is 282 g/mol. The van der Waals surface area contributed by atoms with E-state index in [0.29, 0.717) is 11.3 Å². The summed E-state index contributed by atoms with van der Waals surface area (Å²) in [5.74, 6) is 0. The molecule has 5 heteroatoms. The molecule has 0 aliphatic rings. The number of rotatable bonds is 2. The van der Waals surface area contributed by atoms with E-state index in [1.165, 1.54) is 6.07 Å². The molecule has 20 heavy (non-hydrogen) atoms. The molecule has 0 saturated carbocycles. The SMILES string of the molecule is CC(C)(C)Cc1ccc(-c2ccn(C(F)(F)F)n2)cc1. The molecule has 2 nitrogen and oxygen atoms in total. The van der Waals surface area contributed by atoms with Crippen LogP contribution in [0.15, 0.2) is 36.5 Å². The Morgan fingerprint density at radius 2 is 1.60 bits per heavy atom. The van der Waals surface area contributed by atoms with Crippen molar-refractivity contribution in [3.63, 3.8) is 0 Å². The molecule has 0 saturated heterocycles. The maximum Gasteiger partial charge on any atom is 0.504 e. The second-order valence-corrected chi connectivity index (χ2v) is 6.05. The highest BCUT2D eigenvalue weighted by atomic mass is 19.4. The fourth-order valence-corrected chi connectivity index (χ4v) is 2.02. The van der Waals surface area contributed by atoms with Crippen LogP contribution in [-0.2, 0) is 12.7 Å². The molecule has 0 N–H and O–H groups in total. The lowest BCUT2D eigenvalue weighted by atomic mass is 9.88. The summed E-state index contributed by atoms with van der Waals surface area (Å²) in [6.07, 6.45) is -2.62. The van der Waals surface area contributed by atoms with Crippen molar-refractivity contribution in [2.75, 3.05) is 0 Å². The molecule has 0 aliphatic carbocycles. The molecule has 0 aliphatic heterocycles. The summed E-state index contributed by atoms with van der Waals surface area (Å²) < 4.78 is 37.4. The number of alkyl halides is 3. The zero-order valence-corrected chi connectivity index (χ0v) is 11.7. The maximum absolute atomic E-state index is 12.5. The third-order valence-electron chi connectivity index (χ3n) is 2.83. The third kappa shape index (κ3) is 3.62. The van der Waals surface area contributed by atoms with E-state index in [0.717, 1.165) is 18.2 Å². The molecule has 2 aromatic rings. The van der Waals surface area contributed by atoms with Gasteiger partial charge in [0, 0.05) is 11.8 Å².